The highest BCUT2D eigenvalue weighted by molar-refractivity contribution is 5.85. The van der Waals surface area contributed by atoms with Crippen LogP contribution in [0, 0.1) is 13.8 Å². The van der Waals surface area contributed by atoms with Crippen LogP contribution in [-0.2, 0) is 0 Å². The molecule has 1 unspecified atom stereocenters. The van der Waals surface area contributed by atoms with Crippen LogP contribution in [0.2, 0.25) is 0 Å². The third-order valence-electron chi connectivity index (χ3n) is 1.92. The van der Waals surface area contributed by atoms with Gasteiger partial charge in [0.2, 0.25) is 0 Å². The van der Waals surface area contributed by atoms with Crippen molar-refractivity contribution in [3.05, 3.63) is 34.9 Å². The van der Waals surface area contributed by atoms with Gasteiger partial charge in [-0.25, -0.2) is 0 Å². The fourth-order valence-electron chi connectivity index (χ4n) is 1.34. The molecule has 68 valence electrons. The van der Waals surface area contributed by atoms with Crippen LogP contribution in [0.5, 0.6) is 0 Å². The van der Waals surface area contributed by atoms with Crippen molar-refractivity contribution < 1.29 is 0 Å². The number of hydrogen-bond acceptors (Lipinski definition) is 1. The molecule has 0 spiro atoms. The molecular formula is C10H16ClN. The second-order valence-corrected chi connectivity index (χ2v) is 3.15. The SMILES string of the molecule is Cc1ccc(C(C)N)c(C)c1.Cl. The summed E-state index contributed by atoms with van der Waals surface area (Å²) in [6.07, 6.45) is 0. The zero-order valence-electron chi connectivity index (χ0n) is 7.79. The average Bonchev–Trinajstić information content (AvgIpc) is 1.85. The largest absolute Gasteiger partial charge is 0.324 e. The predicted octanol–water partition coefficient (Wildman–Crippen LogP) is 2.74. The van der Waals surface area contributed by atoms with Crippen LogP contribution in [0.25, 0.3) is 0 Å². The maximum atomic E-state index is 5.76. The second kappa shape index (κ2) is 4.48. The number of aryl methyl sites for hydroxylation is 2. The highest BCUT2D eigenvalue weighted by Crippen LogP contribution is 2.15. The predicted molar refractivity (Wildman–Crippen MR) is 55.8 cm³/mol. The number of hydrogen-bond donors (Lipinski definition) is 1. The maximum absolute atomic E-state index is 5.76. The molecule has 1 rings (SSSR count). The van der Waals surface area contributed by atoms with Crippen LogP contribution in [0.1, 0.15) is 29.7 Å². The summed E-state index contributed by atoms with van der Waals surface area (Å²) in [7, 11) is 0. The van der Waals surface area contributed by atoms with Gasteiger partial charge in [-0.15, -0.1) is 12.4 Å². The van der Waals surface area contributed by atoms with E-state index < -0.39 is 0 Å². The summed E-state index contributed by atoms with van der Waals surface area (Å²) in [5.41, 5.74) is 9.60. The van der Waals surface area contributed by atoms with Crippen molar-refractivity contribution in [1.29, 1.82) is 0 Å². The smallest absolute Gasteiger partial charge is 0.0268 e. The fraction of sp³-hybridized carbons (Fsp3) is 0.400. The Morgan fingerprint density at radius 1 is 1.25 bits per heavy atom. The molecule has 0 fully saturated rings. The highest BCUT2D eigenvalue weighted by atomic mass is 35.5. The minimum Gasteiger partial charge on any atom is -0.324 e. The molecule has 2 N–H and O–H groups in total. The first-order valence-electron chi connectivity index (χ1n) is 3.94. The van der Waals surface area contributed by atoms with Gasteiger partial charge in [0.15, 0.2) is 0 Å². The zero-order valence-corrected chi connectivity index (χ0v) is 8.61. The van der Waals surface area contributed by atoms with Gasteiger partial charge in [-0.05, 0) is 31.9 Å². The summed E-state index contributed by atoms with van der Waals surface area (Å²) in [6.45, 7) is 6.21. The van der Waals surface area contributed by atoms with E-state index in [1.165, 1.54) is 16.7 Å². The van der Waals surface area contributed by atoms with Crippen molar-refractivity contribution in [2.75, 3.05) is 0 Å². The van der Waals surface area contributed by atoms with Gasteiger partial charge < -0.3 is 5.73 Å². The molecule has 1 nitrogen and oxygen atoms in total. The van der Waals surface area contributed by atoms with Crippen LogP contribution >= 0.6 is 12.4 Å². The topological polar surface area (TPSA) is 26.0 Å². The molecule has 0 heterocycles. The Balaban J connectivity index is 0.00000121. The van der Waals surface area contributed by atoms with Gasteiger partial charge in [-0.1, -0.05) is 23.8 Å². The van der Waals surface area contributed by atoms with E-state index in [1.807, 2.05) is 6.92 Å². The Morgan fingerprint density at radius 2 is 1.83 bits per heavy atom. The first kappa shape index (κ1) is 11.5. The number of rotatable bonds is 1. The van der Waals surface area contributed by atoms with E-state index >= 15 is 0 Å². The molecule has 0 aliphatic carbocycles. The molecule has 12 heavy (non-hydrogen) atoms. The van der Waals surface area contributed by atoms with Crippen LogP contribution in [0.3, 0.4) is 0 Å². The van der Waals surface area contributed by atoms with Gasteiger partial charge in [0.05, 0.1) is 0 Å². The quantitative estimate of drug-likeness (QED) is 0.716. The zero-order chi connectivity index (χ0) is 8.43. The van der Waals surface area contributed by atoms with Crippen molar-refractivity contribution >= 4 is 12.4 Å². The lowest BCUT2D eigenvalue weighted by Crippen LogP contribution is -2.06. The Kier molecular flexibility index (Phi) is 4.29. The van der Waals surface area contributed by atoms with E-state index in [0.717, 1.165) is 0 Å². The van der Waals surface area contributed by atoms with Crippen molar-refractivity contribution in [2.45, 2.75) is 26.8 Å². The van der Waals surface area contributed by atoms with Crippen LogP contribution in [0.4, 0.5) is 0 Å². The van der Waals surface area contributed by atoms with Gasteiger partial charge in [-0.2, -0.15) is 0 Å². The molecular weight excluding hydrogens is 170 g/mol. The Hall–Kier alpha value is -0.530. The highest BCUT2D eigenvalue weighted by Gasteiger charge is 2.01. The van der Waals surface area contributed by atoms with E-state index in [4.69, 9.17) is 5.73 Å². The lowest BCUT2D eigenvalue weighted by molar-refractivity contribution is 0.809. The number of nitrogens with two attached hydrogens (primary N) is 1. The standard InChI is InChI=1S/C10H15N.ClH/c1-7-4-5-10(9(3)11)8(2)6-7;/h4-6,9H,11H2,1-3H3;1H. The molecule has 0 aliphatic rings. The summed E-state index contributed by atoms with van der Waals surface area (Å²) in [6, 6.07) is 6.52. The van der Waals surface area contributed by atoms with Crippen molar-refractivity contribution in [3.63, 3.8) is 0 Å². The summed E-state index contributed by atoms with van der Waals surface area (Å²) in [4.78, 5) is 0. The number of benzene rings is 1. The first-order chi connectivity index (χ1) is 5.11. The lowest BCUT2D eigenvalue weighted by Gasteiger charge is -2.09. The molecule has 0 saturated carbocycles. The minimum atomic E-state index is 0. The van der Waals surface area contributed by atoms with E-state index in [0.29, 0.717) is 0 Å². The molecule has 0 amide bonds. The number of halogens is 1. The first-order valence-corrected chi connectivity index (χ1v) is 3.94. The van der Waals surface area contributed by atoms with Gasteiger partial charge >= 0.3 is 0 Å². The normalized spacial score (nSPS) is 12.0. The van der Waals surface area contributed by atoms with Crippen LogP contribution in [0.15, 0.2) is 18.2 Å². The lowest BCUT2D eigenvalue weighted by atomic mass is 10.0. The summed E-state index contributed by atoms with van der Waals surface area (Å²) >= 11 is 0. The van der Waals surface area contributed by atoms with E-state index in [1.54, 1.807) is 0 Å². The molecule has 0 aromatic heterocycles. The molecule has 0 radical (unpaired) electrons. The molecule has 0 aliphatic heterocycles. The Labute approximate surface area is 80.4 Å². The van der Waals surface area contributed by atoms with Gasteiger partial charge in [0.1, 0.15) is 0 Å². The van der Waals surface area contributed by atoms with Crippen LogP contribution < -0.4 is 5.73 Å². The van der Waals surface area contributed by atoms with Crippen molar-refractivity contribution in [3.8, 4) is 0 Å². The van der Waals surface area contributed by atoms with Gasteiger partial charge in [0.25, 0.3) is 0 Å². The van der Waals surface area contributed by atoms with Crippen molar-refractivity contribution in [2.24, 2.45) is 5.73 Å². The monoisotopic (exact) mass is 185 g/mol. The fourth-order valence-corrected chi connectivity index (χ4v) is 1.34. The molecule has 1 aromatic rings. The summed E-state index contributed by atoms with van der Waals surface area (Å²) < 4.78 is 0. The molecule has 0 bridgehead atoms. The average molecular weight is 186 g/mol. The summed E-state index contributed by atoms with van der Waals surface area (Å²) in [5.74, 6) is 0. The third-order valence-corrected chi connectivity index (χ3v) is 1.92. The van der Waals surface area contributed by atoms with E-state index in [-0.39, 0.29) is 18.4 Å². The molecule has 0 saturated heterocycles. The third kappa shape index (κ3) is 2.50. The molecule has 1 aromatic carbocycles. The minimum absolute atomic E-state index is 0. The van der Waals surface area contributed by atoms with Crippen LogP contribution in [-0.4, -0.2) is 0 Å². The van der Waals surface area contributed by atoms with Crippen molar-refractivity contribution in [1.82, 2.24) is 0 Å². The summed E-state index contributed by atoms with van der Waals surface area (Å²) in [5, 5.41) is 0. The molecule has 1 atom stereocenters. The van der Waals surface area contributed by atoms with Gasteiger partial charge in [-0.3, -0.25) is 0 Å². The molecule has 2 heteroatoms. The maximum Gasteiger partial charge on any atom is 0.0268 e. The Morgan fingerprint density at radius 3 is 2.25 bits per heavy atom. The Bertz CT molecular complexity index is 256. The van der Waals surface area contributed by atoms with E-state index in [2.05, 4.69) is 32.0 Å². The van der Waals surface area contributed by atoms with E-state index in [9.17, 15) is 0 Å². The van der Waals surface area contributed by atoms with Gasteiger partial charge in [0, 0.05) is 6.04 Å². The second-order valence-electron chi connectivity index (χ2n) is 3.15.